The number of thiazole rings is 1. The van der Waals surface area contributed by atoms with Gasteiger partial charge in [-0.2, -0.15) is 13.2 Å². The second-order valence-electron chi connectivity index (χ2n) is 7.25. The first-order valence-corrected chi connectivity index (χ1v) is 10.6. The monoisotopic (exact) mass is 463 g/mol. The summed E-state index contributed by atoms with van der Waals surface area (Å²) in [5, 5.41) is 3.97. The zero-order valence-electron chi connectivity index (χ0n) is 16.5. The minimum atomic E-state index is -4.56. The number of carbonyl (C=O) groups excluding carboxylic acids is 1. The second-order valence-corrected chi connectivity index (χ2v) is 8.26. The summed E-state index contributed by atoms with van der Waals surface area (Å²) in [5.74, 6) is 0.116. The van der Waals surface area contributed by atoms with Crippen molar-refractivity contribution in [3.8, 4) is 11.5 Å². The largest absolute Gasteiger partial charge is 0.461 e. The molecule has 1 amide bonds. The first-order valence-electron chi connectivity index (χ1n) is 9.81. The Hall–Kier alpha value is -3.18. The first-order chi connectivity index (χ1) is 15.4. The number of carbonyl (C=O) groups is 1. The highest BCUT2D eigenvalue weighted by atomic mass is 32.1. The minimum absolute atomic E-state index is 0.00954. The number of fused-ring (bicyclic) bond motifs is 1. The van der Waals surface area contributed by atoms with Crippen LogP contribution in [0.25, 0.3) is 21.7 Å². The van der Waals surface area contributed by atoms with Gasteiger partial charge in [0.25, 0.3) is 5.91 Å². The molecule has 1 saturated heterocycles. The summed E-state index contributed by atoms with van der Waals surface area (Å²) < 4.78 is 56.8. The first kappa shape index (κ1) is 20.7. The maximum Gasteiger partial charge on any atom is 0.418 e. The lowest BCUT2D eigenvalue weighted by Crippen LogP contribution is -2.37. The Morgan fingerprint density at radius 3 is 2.81 bits per heavy atom. The van der Waals surface area contributed by atoms with Crippen molar-refractivity contribution in [1.82, 2.24) is 10.1 Å². The SMILES string of the molecule is O=C(c1cc(-c2ccco2)on1)N(C[C@@H]1CCCO1)c1nc2c(C(F)(F)F)cccc2s1. The molecule has 166 valence electrons. The average molecular weight is 463 g/mol. The van der Waals surface area contributed by atoms with Gasteiger partial charge in [0, 0.05) is 12.7 Å². The van der Waals surface area contributed by atoms with Gasteiger partial charge in [-0.25, -0.2) is 4.98 Å². The Morgan fingerprint density at radius 2 is 2.09 bits per heavy atom. The summed E-state index contributed by atoms with van der Waals surface area (Å²) in [6, 6.07) is 8.61. The van der Waals surface area contributed by atoms with Gasteiger partial charge in [-0.15, -0.1) is 0 Å². The highest BCUT2D eigenvalue weighted by Crippen LogP contribution is 2.39. The number of nitrogens with zero attached hydrogens (tertiary/aromatic N) is 3. The number of ether oxygens (including phenoxy) is 1. The minimum Gasteiger partial charge on any atom is -0.461 e. The number of rotatable bonds is 5. The molecule has 32 heavy (non-hydrogen) atoms. The van der Waals surface area contributed by atoms with Gasteiger partial charge in [0.05, 0.1) is 34.7 Å². The standard InChI is InChI=1S/C21H16F3N3O4S/c22-21(23,24)13-5-1-7-17-18(13)25-20(32-17)27(11-12-4-2-8-29-12)19(28)14-10-16(31-26-14)15-6-3-9-30-15/h1,3,5-7,9-10,12H,2,4,8,11H2/t12-/m0/s1. The third-order valence-electron chi connectivity index (χ3n) is 5.09. The maximum absolute atomic E-state index is 13.4. The van der Waals surface area contributed by atoms with Crippen molar-refractivity contribution < 1.29 is 31.6 Å². The van der Waals surface area contributed by atoms with Gasteiger partial charge in [-0.3, -0.25) is 9.69 Å². The summed E-state index contributed by atoms with van der Waals surface area (Å²) in [5.41, 5.74) is -1.05. The summed E-state index contributed by atoms with van der Waals surface area (Å²) in [6.45, 7) is 0.709. The molecule has 0 N–H and O–H groups in total. The van der Waals surface area contributed by atoms with Crippen molar-refractivity contribution in [3.63, 3.8) is 0 Å². The molecule has 4 aromatic rings. The predicted octanol–water partition coefficient (Wildman–Crippen LogP) is 5.39. The Balaban J connectivity index is 1.53. The highest BCUT2D eigenvalue weighted by Gasteiger charge is 2.35. The zero-order valence-corrected chi connectivity index (χ0v) is 17.3. The van der Waals surface area contributed by atoms with Crippen LogP contribution in [0.15, 0.2) is 51.6 Å². The van der Waals surface area contributed by atoms with Crippen LogP contribution in [-0.2, 0) is 10.9 Å². The molecular weight excluding hydrogens is 447 g/mol. The third kappa shape index (κ3) is 3.89. The molecule has 3 aromatic heterocycles. The van der Waals surface area contributed by atoms with Crippen molar-refractivity contribution >= 4 is 32.6 Å². The van der Waals surface area contributed by atoms with Gasteiger partial charge in [-0.05, 0) is 37.1 Å². The number of hydrogen-bond donors (Lipinski definition) is 0. The lowest BCUT2D eigenvalue weighted by Gasteiger charge is -2.22. The smallest absolute Gasteiger partial charge is 0.418 e. The quantitative estimate of drug-likeness (QED) is 0.395. The highest BCUT2D eigenvalue weighted by molar-refractivity contribution is 7.22. The predicted molar refractivity (Wildman–Crippen MR) is 109 cm³/mol. The molecule has 0 spiro atoms. The summed E-state index contributed by atoms with van der Waals surface area (Å²) in [7, 11) is 0. The van der Waals surface area contributed by atoms with Crippen molar-refractivity contribution in [2.75, 3.05) is 18.1 Å². The van der Waals surface area contributed by atoms with Crippen molar-refractivity contribution in [3.05, 3.63) is 53.9 Å². The average Bonchev–Trinajstić information content (AvgIpc) is 3.55. The number of amides is 1. The van der Waals surface area contributed by atoms with Crippen LogP contribution in [0.3, 0.4) is 0 Å². The number of benzene rings is 1. The van der Waals surface area contributed by atoms with Gasteiger partial charge in [0.15, 0.2) is 16.6 Å². The number of para-hydroxylation sites is 1. The Labute approximate surface area is 183 Å². The molecule has 1 atom stereocenters. The summed E-state index contributed by atoms with van der Waals surface area (Å²) >= 11 is 1.01. The van der Waals surface area contributed by atoms with E-state index in [1.165, 1.54) is 23.3 Å². The summed E-state index contributed by atoms with van der Waals surface area (Å²) in [4.78, 5) is 18.8. The molecule has 1 aliphatic heterocycles. The van der Waals surface area contributed by atoms with E-state index in [1.54, 1.807) is 18.2 Å². The van der Waals surface area contributed by atoms with Crippen LogP contribution >= 0.6 is 11.3 Å². The van der Waals surface area contributed by atoms with E-state index >= 15 is 0 Å². The van der Waals surface area contributed by atoms with E-state index in [1.807, 2.05) is 0 Å². The number of halogens is 3. The topological polar surface area (TPSA) is 81.6 Å². The molecular formula is C21H16F3N3O4S. The van der Waals surface area contributed by atoms with E-state index in [9.17, 15) is 18.0 Å². The van der Waals surface area contributed by atoms with E-state index < -0.39 is 17.6 Å². The van der Waals surface area contributed by atoms with Crippen LogP contribution in [0.5, 0.6) is 0 Å². The molecule has 11 heteroatoms. The fourth-order valence-corrected chi connectivity index (χ4v) is 4.57. The molecule has 7 nitrogen and oxygen atoms in total. The fourth-order valence-electron chi connectivity index (χ4n) is 3.57. The van der Waals surface area contributed by atoms with Gasteiger partial charge < -0.3 is 13.7 Å². The molecule has 0 bridgehead atoms. The van der Waals surface area contributed by atoms with Gasteiger partial charge in [-0.1, -0.05) is 22.6 Å². The van der Waals surface area contributed by atoms with Gasteiger partial charge >= 0.3 is 6.18 Å². The van der Waals surface area contributed by atoms with E-state index in [4.69, 9.17) is 13.7 Å². The maximum atomic E-state index is 13.4. The number of anilines is 1. The number of alkyl halides is 3. The molecule has 0 radical (unpaired) electrons. The summed E-state index contributed by atoms with van der Waals surface area (Å²) in [6.07, 6.45) is -1.76. The molecule has 0 unspecified atom stereocenters. The van der Waals surface area contributed by atoms with E-state index in [0.717, 1.165) is 30.2 Å². The molecule has 4 heterocycles. The van der Waals surface area contributed by atoms with Gasteiger partial charge in [0.1, 0.15) is 0 Å². The van der Waals surface area contributed by atoms with Crippen molar-refractivity contribution in [1.29, 1.82) is 0 Å². The van der Waals surface area contributed by atoms with Crippen LogP contribution in [-0.4, -0.2) is 35.3 Å². The lowest BCUT2D eigenvalue weighted by molar-refractivity contribution is -0.136. The van der Waals surface area contributed by atoms with Crippen LogP contribution in [0, 0.1) is 0 Å². The van der Waals surface area contributed by atoms with Crippen LogP contribution in [0.4, 0.5) is 18.3 Å². The third-order valence-corrected chi connectivity index (χ3v) is 6.14. The molecule has 0 aliphatic carbocycles. The second kappa shape index (κ2) is 8.06. The normalized spacial score (nSPS) is 16.7. The molecule has 5 rings (SSSR count). The fraction of sp³-hybridized carbons (Fsp3) is 0.286. The van der Waals surface area contributed by atoms with Crippen LogP contribution < -0.4 is 4.90 Å². The van der Waals surface area contributed by atoms with E-state index in [2.05, 4.69) is 10.1 Å². The lowest BCUT2D eigenvalue weighted by atomic mass is 10.2. The van der Waals surface area contributed by atoms with Crippen molar-refractivity contribution in [2.24, 2.45) is 0 Å². The molecule has 1 fully saturated rings. The number of aromatic nitrogens is 2. The van der Waals surface area contributed by atoms with E-state index in [0.29, 0.717) is 17.1 Å². The molecule has 0 saturated carbocycles. The Kier molecular flexibility index (Phi) is 5.22. The van der Waals surface area contributed by atoms with Crippen molar-refractivity contribution in [2.45, 2.75) is 25.1 Å². The Bertz CT molecular complexity index is 1240. The number of hydrogen-bond acceptors (Lipinski definition) is 7. The van der Waals surface area contributed by atoms with Crippen LogP contribution in [0.2, 0.25) is 0 Å². The number of furan rings is 1. The Morgan fingerprint density at radius 1 is 1.22 bits per heavy atom. The zero-order chi connectivity index (χ0) is 22.3. The van der Waals surface area contributed by atoms with Gasteiger partial charge in [0.2, 0.25) is 5.76 Å². The van der Waals surface area contributed by atoms with Crippen LogP contribution in [0.1, 0.15) is 28.9 Å². The van der Waals surface area contributed by atoms with E-state index in [-0.39, 0.29) is 34.8 Å². The molecule has 1 aromatic carbocycles. The molecule has 1 aliphatic rings.